The van der Waals surface area contributed by atoms with E-state index in [4.69, 9.17) is 4.99 Å². The van der Waals surface area contributed by atoms with E-state index in [0.29, 0.717) is 0 Å². The SMILES string of the molecule is CCNC(=NCC(CC)(CC)c1ccccc1)NCCc1nnc2n1CCCCC2.I. The zero-order valence-electron chi connectivity index (χ0n) is 19.4. The molecule has 2 aromatic rings. The molecule has 0 spiro atoms. The standard InChI is InChI=1S/C24H38N6.HI/c1-4-24(5-2,20-13-9-7-10-14-20)19-27-23(25-6-3)26-17-16-22-29-28-21-15-11-8-12-18-30(21)22;/h7,9-10,13-14H,4-6,8,11-12,15-19H2,1-3H3,(H2,25,26,27);1H. The Morgan fingerprint density at radius 2 is 1.81 bits per heavy atom. The molecule has 31 heavy (non-hydrogen) atoms. The van der Waals surface area contributed by atoms with E-state index in [2.05, 4.69) is 76.5 Å². The van der Waals surface area contributed by atoms with Gasteiger partial charge in [-0.3, -0.25) is 4.99 Å². The van der Waals surface area contributed by atoms with E-state index in [1.54, 1.807) is 0 Å². The minimum atomic E-state index is 0. The number of hydrogen-bond acceptors (Lipinski definition) is 3. The second-order valence-electron chi connectivity index (χ2n) is 8.22. The molecule has 6 nitrogen and oxygen atoms in total. The van der Waals surface area contributed by atoms with Crippen LogP contribution in [0.1, 0.15) is 70.1 Å². The van der Waals surface area contributed by atoms with Gasteiger partial charge in [0, 0.05) is 37.9 Å². The molecule has 0 bridgehead atoms. The summed E-state index contributed by atoms with van der Waals surface area (Å²) in [6.45, 7) is 10.1. The summed E-state index contributed by atoms with van der Waals surface area (Å²) in [6, 6.07) is 10.8. The Balaban J connectivity index is 0.00000341. The quantitative estimate of drug-likeness (QED) is 0.281. The number of aromatic nitrogens is 3. The molecule has 0 saturated heterocycles. The smallest absolute Gasteiger partial charge is 0.191 e. The summed E-state index contributed by atoms with van der Waals surface area (Å²) in [5, 5.41) is 15.8. The summed E-state index contributed by atoms with van der Waals surface area (Å²) in [4.78, 5) is 4.98. The molecule has 0 unspecified atom stereocenters. The fourth-order valence-corrected chi connectivity index (χ4v) is 4.36. The third-order valence-electron chi connectivity index (χ3n) is 6.45. The predicted octanol–water partition coefficient (Wildman–Crippen LogP) is 4.48. The summed E-state index contributed by atoms with van der Waals surface area (Å²) < 4.78 is 2.33. The molecule has 1 aliphatic rings. The van der Waals surface area contributed by atoms with Crippen LogP contribution in [0.5, 0.6) is 0 Å². The van der Waals surface area contributed by atoms with Crippen LogP contribution in [0.4, 0.5) is 0 Å². The van der Waals surface area contributed by atoms with Gasteiger partial charge in [-0.15, -0.1) is 34.2 Å². The number of hydrogen-bond donors (Lipinski definition) is 2. The van der Waals surface area contributed by atoms with Crippen molar-refractivity contribution in [2.24, 2.45) is 4.99 Å². The number of halogens is 1. The van der Waals surface area contributed by atoms with E-state index in [0.717, 1.165) is 69.5 Å². The zero-order chi connectivity index (χ0) is 21.2. The molecule has 1 aromatic carbocycles. The lowest BCUT2D eigenvalue weighted by Crippen LogP contribution is -2.40. The molecule has 3 rings (SSSR count). The third-order valence-corrected chi connectivity index (χ3v) is 6.45. The van der Waals surface area contributed by atoms with Crippen LogP contribution < -0.4 is 10.6 Å². The van der Waals surface area contributed by atoms with Crippen molar-refractivity contribution < 1.29 is 0 Å². The van der Waals surface area contributed by atoms with Crippen molar-refractivity contribution in [3.8, 4) is 0 Å². The molecule has 0 saturated carbocycles. The predicted molar refractivity (Wildman–Crippen MR) is 139 cm³/mol. The number of aryl methyl sites for hydroxylation is 1. The molecular formula is C24H39IN6. The van der Waals surface area contributed by atoms with Crippen LogP contribution in [0.25, 0.3) is 0 Å². The number of guanidine groups is 1. The third kappa shape index (κ3) is 6.67. The van der Waals surface area contributed by atoms with E-state index < -0.39 is 0 Å². The second kappa shape index (κ2) is 13.0. The highest BCUT2D eigenvalue weighted by atomic mass is 127. The summed E-state index contributed by atoms with van der Waals surface area (Å²) in [5.41, 5.74) is 1.45. The highest BCUT2D eigenvalue weighted by Gasteiger charge is 2.28. The Morgan fingerprint density at radius 1 is 1.03 bits per heavy atom. The molecule has 0 aliphatic carbocycles. The van der Waals surface area contributed by atoms with Crippen LogP contribution in [-0.2, 0) is 24.8 Å². The van der Waals surface area contributed by atoms with Crippen molar-refractivity contribution in [3.63, 3.8) is 0 Å². The molecule has 172 valence electrons. The molecule has 7 heteroatoms. The summed E-state index contributed by atoms with van der Waals surface area (Å²) in [5.74, 6) is 3.13. The average Bonchev–Trinajstić information content (AvgIpc) is 3.01. The Bertz CT molecular complexity index is 798. The fraction of sp³-hybridized carbons (Fsp3) is 0.625. The molecule has 1 aliphatic heterocycles. The normalized spacial score (nSPS) is 14.4. The van der Waals surface area contributed by atoms with Crippen molar-refractivity contribution in [1.29, 1.82) is 0 Å². The minimum absolute atomic E-state index is 0. The Hall–Kier alpha value is -1.64. The van der Waals surface area contributed by atoms with Gasteiger partial charge in [-0.25, -0.2) is 0 Å². The van der Waals surface area contributed by atoms with E-state index in [-0.39, 0.29) is 29.4 Å². The lowest BCUT2D eigenvalue weighted by atomic mass is 9.76. The van der Waals surface area contributed by atoms with Crippen LogP contribution in [-0.4, -0.2) is 40.4 Å². The van der Waals surface area contributed by atoms with Gasteiger partial charge in [0.05, 0.1) is 6.54 Å². The second-order valence-corrected chi connectivity index (χ2v) is 8.22. The van der Waals surface area contributed by atoms with Gasteiger partial charge in [-0.1, -0.05) is 50.6 Å². The van der Waals surface area contributed by atoms with Gasteiger partial charge in [0.2, 0.25) is 0 Å². The van der Waals surface area contributed by atoms with Crippen molar-refractivity contribution in [3.05, 3.63) is 47.5 Å². The van der Waals surface area contributed by atoms with Crippen molar-refractivity contribution >= 4 is 29.9 Å². The fourth-order valence-electron chi connectivity index (χ4n) is 4.36. The van der Waals surface area contributed by atoms with Crippen LogP contribution in [0, 0.1) is 0 Å². The summed E-state index contributed by atoms with van der Waals surface area (Å²) in [6.07, 6.45) is 7.81. The molecule has 2 heterocycles. The number of rotatable bonds is 9. The maximum atomic E-state index is 4.98. The number of benzene rings is 1. The van der Waals surface area contributed by atoms with Gasteiger partial charge >= 0.3 is 0 Å². The van der Waals surface area contributed by atoms with Gasteiger partial charge < -0.3 is 15.2 Å². The maximum absolute atomic E-state index is 4.98. The van der Waals surface area contributed by atoms with Crippen LogP contribution in [0.3, 0.4) is 0 Å². The zero-order valence-corrected chi connectivity index (χ0v) is 21.7. The number of nitrogens with zero attached hydrogens (tertiary/aromatic N) is 4. The van der Waals surface area contributed by atoms with Crippen LogP contribution >= 0.6 is 24.0 Å². The Morgan fingerprint density at radius 3 is 2.52 bits per heavy atom. The van der Waals surface area contributed by atoms with E-state index in [9.17, 15) is 0 Å². The maximum Gasteiger partial charge on any atom is 0.191 e. The highest BCUT2D eigenvalue weighted by molar-refractivity contribution is 14.0. The monoisotopic (exact) mass is 538 g/mol. The first-order valence-electron chi connectivity index (χ1n) is 11.7. The van der Waals surface area contributed by atoms with Crippen molar-refractivity contribution in [2.75, 3.05) is 19.6 Å². The molecule has 0 amide bonds. The van der Waals surface area contributed by atoms with E-state index in [1.165, 1.54) is 24.8 Å². The molecule has 0 fully saturated rings. The molecular weight excluding hydrogens is 499 g/mol. The topological polar surface area (TPSA) is 67.1 Å². The molecule has 1 aromatic heterocycles. The number of nitrogens with one attached hydrogen (secondary N) is 2. The van der Waals surface area contributed by atoms with Crippen molar-refractivity contribution in [1.82, 2.24) is 25.4 Å². The molecule has 2 N–H and O–H groups in total. The van der Waals surface area contributed by atoms with Gasteiger partial charge in [-0.05, 0) is 38.2 Å². The largest absolute Gasteiger partial charge is 0.357 e. The Kier molecular flexibility index (Phi) is 10.8. The first-order valence-corrected chi connectivity index (χ1v) is 11.7. The molecule has 0 atom stereocenters. The van der Waals surface area contributed by atoms with Gasteiger partial charge in [0.25, 0.3) is 0 Å². The lowest BCUT2D eigenvalue weighted by molar-refractivity contribution is 0.407. The van der Waals surface area contributed by atoms with E-state index in [1.807, 2.05) is 0 Å². The van der Waals surface area contributed by atoms with Gasteiger partial charge in [-0.2, -0.15) is 0 Å². The summed E-state index contributed by atoms with van der Waals surface area (Å²) in [7, 11) is 0. The Labute approximate surface area is 204 Å². The lowest BCUT2D eigenvalue weighted by Gasteiger charge is -2.31. The highest BCUT2D eigenvalue weighted by Crippen LogP contribution is 2.31. The number of fused-ring (bicyclic) bond motifs is 1. The molecule has 0 radical (unpaired) electrons. The van der Waals surface area contributed by atoms with E-state index >= 15 is 0 Å². The van der Waals surface area contributed by atoms with Crippen LogP contribution in [0.2, 0.25) is 0 Å². The number of aliphatic imine (C=N–C) groups is 1. The minimum Gasteiger partial charge on any atom is -0.357 e. The first-order chi connectivity index (χ1) is 14.7. The van der Waals surface area contributed by atoms with Crippen molar-refractivity contribution in [2.45, 2.75) is 77.7 Å². The van der Waals surface area contributed by atoms with Gasteiger partial charge in [0.15, 0.2) is 5.96 Å². The summed E-state index contributed by atoms with van der Waals surface area (Å²) >= 11 is 0. The average molecular weight is 539 g/mol. The van der Waals surface area contributed by atoms with Crippen LogP contribution in [0.15, 0.2) is 35.3 Å². The van der Waals surface area contributed by atoms with Gasteiger partial charge in [0.1, 0.15) is 11.6 Å². The first kappa shape index (κ1) is 25.6.